The summed E-state index contributed by atoms with van der Waals surface area (Å²) in [5, 5.41) is 14.5. The largest absolute Gasteiger partial charge is 0.403 e. The van der Waals surface area contributed by atoms with Crippen LogP contribution in [-0.4, -0.2) is 28.0 Å². The van der Waals surface area contributed by atoms with Crippen molar-refractivity contribution in [3.63, 3.8) is 0 Å². The third-order valence-electron chi connectivity index (χ3n) is 4.77. The van der Waals surface area contributed by atoms with Gasteiger partial charge in [0.1, 0.15) is 0 Å². The van der Waals surface area contributed by atoms with Crippen LogP contribution in [0.25, 0.3) is 11.5 Å². The second-order valence-electron chi connectivity index (χ2n) is 6.84. The molecule has 2 N–H and O–H groups in total. The number of nitrogens with zero attached hydrogens (tertiary/aromatic N) is 3. The van der Waals surface area contributed by atoms with E-state index in [1.54, 1.807) is 24.3 Å². The van der Waals surface area contributed by atoms with Crippen molar-refractivity contribution in [1.82, 2.24) is 10.2 Å². The Hall–Kier alpha value is -3.97. The lowest BCUT2D eigenvalue weighted by atomic mass is 10.0. The molecule has 1 unspecified atom stereocenters. The number of benzodiazepines with no additional fused rings is 1. The van der Waals surface area contributed by atoms with Gasteiger partial charge in [-0.2, -0.15) is 0 Å². The number of fused-ring (bicyclic) bond motifs is 1. The zero-order valence-electron chi connectivity index (χ0n) is 16.1. The van der Waals surface area contributed by atoms with Crippen LogP contribution in [0.5, 0.6) is 0 Å². The molecule has 7 nitrogen and oxygen atoms in total. The molecule has 1 aliphatic heterocycles. The van der Waals surface area contributed by atoms with Crippen molar-refractivity contribution in [2.24, 2.45) is 4.99 Å². The number of aromatic nitrogens is 2. The normalized spacial score (nSPS) is 15.5. The van der Waals surface area contributed by atoms with Gasteiger partial charge in [-0.3, -0.25) is 4.79 Å². The van der Waals surface area contributed by atoms with E-state index in [0.29, 0.717) is 22.3 Å². The van der Waals surface area contributed by atoms with Gasteiger partial charge >= 0.3 is 6.01 Å². The van der Waals surface area contributed by atoms with E-state index in [2.05, 4.69) is 20.8 Å². The number of hydrogen-bond acceptors (Lipinski definition) is 6. The van der Waals surface area contributed by atoms with Crippen LogP contribution in [-0.2, 0) is 4.79 Å². The molecule has 5 rings (SSSR count). The maximum atomic E-state index is 12.9. The minimum absolute atomic E-state index is 0.0900. The first kappa shape index (κ1) is 19.0. The number of para-hydroxylation sites is 1. The summed E-state index contributed by atoms with van der Waals surface area (Å²) in [6.07, 6.45) is -0.957. The van der Waals surface area contributed by atoms with E-state index < -0.39 is 6.17 Å². The quantitative estimate of drug-likeness (QED) is 0.494. The average Bonchev–Trinajstić information content (AvgIpc) is 3.21. The summed E-state index contributed by atoms with van der Waals surface area (Å²) in [5.41, 5.74) is 3.82. The van der Waals surface area contributed by atoms with E-state index in [9.17, 15) is 4.79 Å². The molecule has 2 heterocycles. The van der Waals surface area contributed by atoms with Crippen molar-refractivity contribution >= 4 is 34.9 Å². The van der Waals surface area contributed by atoms with Crippen molar-refractivity contribution in [3.8, 4) is 11.5 Å². The number of amides is 1. The van der Waals surface area contributed by atoms with Crippen molar-refractivity contribution in [2.45, 2.75) is 6.17 Å². The van der Waals surface area contributed by atoms with Crippen molar-refractivity contribution < 1.29 is 9.21 Å². The van der Waals surface area contributed by atoms with Crippen LogP contribution >= 0.6 is 11.6 Å². The van der Waals surface area contributed by atoms with Gasteiger partial charge in [0.05, 0.1) is 11.4 Å². The first-order valence-corrected chi connectivity index (χ1v) is 9.95. The van der Waals surface area contributed by atoms with Gasteiger partial charge in [0.15, 0.2) is 0 Å². The van der Waals surface area contributed by atoms with Gasteiger partial charge in [0, 0.05) is 21.7 Å². The van der Waals surface area contributed by atoms with E-state index in [0.717, 1.165) is 16.7 Å². The topological polar surface area (TPSA) is 92.4 Å². The molecule has 1 amide bonds. The second-order valence-corrected chi connectivity index (χ2v) is 7.28. The summed E-state index contributed by atoms with van der Waals surface area (Å²) in [5.74, 6) is -0.0200. The summed E-state index contributed by atoms with van der Waals surface area (Å²) in [6, 6.07) is 24.4. The molecule has 4 aromatic rings. The van der Waals surface area contributed by atoms with Crippen LogP contribution in [0.1, 0.15) is 11.1 Å². The number of halogens is 1. The van der Waals surface area contributed by atoms with Gasteiger partial charge < -0.3 is 15.1 Å². The molecule has 1 aliphatic rings. The first-order valence-electron chi connectivity index (χ1n) is 9.57. The summed E-state index contributed by atoms with van der Waals surface area (Å²) >= 11 is 5.93. The molecule has 1 aromatic heterocycles. The highest BCUT2D eigenvalue weighted by Crippen LogP contribution is 2.26. The summed E-state index contributed by atoms with van der Waals surface area (Å²) in [7, 11) is 0. The van der Waals surface area contributed by atoms with E-state index in [1.165, 1.54) is 0 Å². The van der Waals surface area contributed by atoms with Gasteiger partial charge in [0.25, 0.3) is 5.91 Å². The maximum absolute atomic E-state index is 12.9. The standard InChI is InChI=1S/C23H16ClN5O2/c24-16-12-10-15(11-13-16)22-28-29-23(31-22)27-20-21(30)25-18-9-5-4-8-17(18)19(26-20)14-6-2-1-3-7-14/h1-13,20H,(H,25,30)(H,27,29). The lowest BCUT2D eigenvalue weighted by Crippen LogP contribution is -2.32. The Kier molecular flexibility index (Phi) is 4.93. The third-order valence-corrected chi connectivity index (χ3v) is 5.02. The molecule has 0 bridgehead atoms. The summed E-state index contributed by atoms with van der Waals surface area (Å²) < 4.78 is 5.69. The van der Waals surface area contributed by atoms with E-state index in [1.807, 2.05) is 54.6 Å². The second kappa shape index (κ2) is 8.04. The molecule has 1 atom stereocenters. The molecule has 0 radical (unpaired) electrons. The Morgan fingerprint density at radius 3 is 2.42 bits per heavy atom. The molecule has 0 saturated heterocycles. The Labute approximate surface area is 182 Å². The number of carbonyl (C=O) groups is 1. The van der Waals surface area contributed by atoms with Gasteiger partial charge in [-0.15, -0.1) is 5.10 Å². The number of benzene rings is 3. The molecule has 31 heavy (non-hydrogen) atoms. The van der Waals surface area contributed by atoms with Crippen LogP contribution in [0.15, 0.2) is 88.3 Å². The zero-order chi connectivity index (χ0) is 21.2. The number of rotatable bonds is 4. The molecule has 0 spiro atoms. The number of anilines is 2. The number of nitrogens with one attached hydrogen (secondary N) is 2. The Bertz CT molecular complexity index is 1270. The highest BCUT2D eigenvalue weighted by molar-refractivity contribution is 6.30. The minimum Gasteiger partial charge on any atom is -0.403 e. The van der Waals surface area contributed by atoms with Crippen LogP contribution in [0, 0.1) is 0 Å². The summed E-state index contributed by atoms with van der Waals surface area (Å²) in [4.78, 5) is 17.6. The fourth-order valence-electron chi connectivity index (χ4n) is 3.29. The smallest absolute Gasteiger partial charge is 0.317 e. The molecule has 0 saturated carbocycles. The van der Waals surface area contributed by atoms with Crippen molar-refractivity contribution in [2.75, 3.05) is 10.6 Å². The Balaban J connectivity index is 1.49. The number of carbonyl (C=O) groups excluding carboxylic acids is 1. The zero-order valence-corrected chi connectivity index (χ0v) is 16.9. The van der Waals surface area contributed by atoms with E-state index >= 15 is 0 Å². The number of aliphatic imine (C=N–C) groups is 1. The van der Waals surface area contributed by atoms with Crippen molar-refractivity contribution in [1.29, 1.82) is 0 Å². The van der Waals surface area contributed by atoms with Crippen molar-refractivity contribution in [3.05, 3.63) is 95.0 Å². The van der Waals surface area contributed by atoms with Crippen LogP contribution < -0.4 is 10.6 Å². The van der Waals surface area contributed by atoms with Crippen LogP contribution in [0.2, 0.25) is 5.02 Å². The molecular formula is C23H16ClN5O2. The van der Waals surface area contributed by atoms with Gasteiger partial charge in [-0.05, 0) is 30.3 Å². The highest BCUT2D eigenvalue weighted by Gasteiger charge is 2.27. The van der Waals surface area contributed by atoms with Crippen LogP contribution in [0.3, 0.4) is 0 Å². The van der Waals surface area contributed by atoms with E-state index in [-0.39, 0.29) is 11.9 Å². The van der Waals surface area contributed by atoms with Gasteiger partial charge in [-0.1, -0.05) is 65.2 Å². The monoisotopic (exact) mass is 429 g/mol. The third kappa shape index (κ3) is 3.91. The van der Waals surface area contributed by atoms with Gasteiger partial charge in [-0.25, -0.2) is 4.99 Å². The van der Waals surface area contributed by atoms with Crippen LogP contribution in [0.4, 0.5) is 11.7 Å². The Morgan fingerprint density at radius 1 is 0.871 bits per heavy atom. The molecule has 152 valence electrons. The van der Waals surface area contributed by atoms with E-state index in [4.69, 9.17) is 21.0 Å². The lowest BCUT2D eigenvalue weighted by Gasteiger charge is -2.11. The maximum Gasteiger partial charge on any atom is 0.317 e. The molecule has 8 heteroatoms. The number of hydrogen-bond donors (Lipinski definition) is 2. The molecule has 3 aromatic carbocycles. The Morgan fingerprint density at radius 2 is 1.61 bits per heavy atom. The average molecular weight is 430 g/mol. The SMILES string of the molecule is O=C1Nc2ccccc2C(c2ccccc2)=NC1Nc1nnc(-c2ccc(Cl)cc2)o1. The highest BCUT2D eigenvalue weighted by atomic mass is 35.5. The predicted octanol–water partition coefficient (Wildman–Crippen LogP) is 4.62. The first-order chi connectivity index (χ1) is 15.2. The minimum atomic E-state index is -0.957. The molecule has 0 aliphatic carbocycles. The fourth-order valence-corrected chi connectivity index (χ4v) is 3.41. The fraction of sp³-hybridized carbons (Fsp3) is 0.0435. The molecular weight excluding hydrogens is 414 g/mol. The van der Waals surface area contributed by atoms with Gasteiger partial charge in [0.2, 0.25) is 12.1 Å². The summed E-state index contributed by atoms with van der Waals surface area (Å²) in [6.45, 7) is 0. The predicted molar refractivity (Wildman–Crippen MR) is 119 cm³/mol. The lowest BCUT2D eigenvalue weighted by molar-refractivity contribution is -0.116. The molecule has 0 fully saturated rings.